The molecule has 1 aliphatic carbocycles. The molecule has 1 fully saturated rings. The van der Waals surface area contributed by atoms with E-state index in [0.717, 1.165) is 16.7 Å². The number of halogens is 3. The first-order valence-corrected chi connectivity index (χ1v) is 7.08. The van der Waals surface area contributed by atoms with E-state index < -0.39 is 40.7 Å². The molecule has 116 valence electrons. The lowest BCUT2D eigenvalue weighted by Gasteiger charge is -2.14. The standard InChI is InChI=1S/C11H12F3N3O3S/c1-2-6(10-16-8(4-21-10)11(12,13)14)15-9(18)5-3-7(5)17(19)20/h4-7H,2-3H2,1H3,(H,15,18)/t5-,6+,7+/m1/s1. The number of hydrogen-bond acceptors (Lipinski definition) is 5. The van der Waals surface area contributed by atoms with Crippen LogP contribution in [0.25, 0.3) is 0 Å². The smallest absolute Gasteiger partial charge is 0.346 e. The number of carbonyl (C=O) groups excluding carboxylic acids is 1. The predicted octanol–water partition coefficient (Wildman–Crippen LogP) is 2.39. The fraction of sp³-hybridized carbons (Fsp3) is 0.636. The minimum atomic E-state index is -4.52. The summed E-state index contributed by atoms with van der Waals surface area (Å²) in [5.74, 6) is -1.21. The molecule has 2 rings (SSSR count). The third kappa shape index (κ3) is 3.49. The third-order valence-electron chi connectivity index (χ3n) is 3.20. The molecule has 1 aromatic heterocycles. The molecule has 0 saturated heterocycles. The van der Waals surface area contributed by atoms with Gasteiger partial charge in [-0.05, 0) is 6.42 Å². The minimum Gasteiger partial charge on any atom is -0.346 e. The van der Waals surface area contributed by atoms with Crippen LogP contribution in [0.1, 0.15) is 36.5 Å². The van der Waals surface area contributed by atoms with E-state index in [0.29, 0.717) is 6.42 Å². The lowest BCUT2D eigenvalue weighted by Crippen LogP contribution is -2.31. The van der Waals surface area contributed by atoms with Gasteiger partial charge in [-0.15, -0.1) is 11.3 Å². The zero-order valence-electron chi connectivity index (χ0n) is 10.9. The van der Waals surface area contributed by atoms with Crippen molar-refractivity contribution in [2.24, 2.45) is 5.92 Å². The molecule has 21 heavy (non-hydrogen) atoms. The molecule has 1 heterocycles. The zero-order chi connectivity index (χ0) is 15.8. The van der Waals surface area contributed by atoms with E-state index in [1.54, 1.807) is 6.92 Å². The molecule has 0 unspecified atom stereocenters. The summed E-state index contributed by atoms with van der Waals surface area (Å²) >= 11 is 0.811. The fourth-order valence-corrected chi connectivity index (χ4v) is 2.85. The van der Waals surface area contributed by atoms with Gasteiger partial charge < -0.3 is 5.32 Å². The topological polar surface area (TPSA) is 85.1 Å². The Balaban J connectivity index is 2.02. The van der Waals surface area contributed by atoms with Crippen molar-refractivity contribution in [1.82, 2.24) is 10.3 Å². The van der Waals surface area contributed by atoms with Crippen molar-refractivity contribution >= 4 is 17.2 Å². The van der Waals surface area contributed by atoms with Gasteiger partial charge in [0.15, 0.2) is 5.69 Å². The molecule has 10 heteroatoms. The Morgan fingerprint density at radius 2 is 2.33 bits per heavy atom. The highest BCUT2D eigenvalue weighted by Gasteiger charge is 2.53. The van der Waals surface area contributed by atoms with E-state index in [2.05, 4.69) is 10.3 Å². The van der Waals surface area contributed by atoms with Gasteiger partial charge in [0.25, 0.3) is 0 Å². The van der Waals surface area contributed by atoms with E-state index in [1.807, 2.05) is 0 Å². The van der Waals surface area contributed by atoms with Gasteiger partial charge in [-0.3, -0.25) is 14.9 Å². The van der Waals surface area contributed by atoms with Crippen molar-refractivity contribution in [3.63, 3.8) is 0 Å². The summed E-state index contributed by atoms with van der Waals surface area (Å²) in [4.78, 5) is 25.3. The highest BCUT2D eigenvalue weighted by Crippen LogP contribution is 2.35. The van der Waals surface area contributed by atoms with E-state index in [-0.39, 0.29) is 11.4 Å². The Morgan fingerprint density at radius 3 is 2.76 bits per heavy atom. The molecule has 0 spiro atoms. The number of nitrogens with zero attached hydrogens (tertiary/aromatic N) is 2. The van der Waals surface area contributed by atoms with Crippen molar-refractivity contribution in [2.75, 3.05) is 0 Å². The van der Waals surface area contributed by atoms with Crippen molar-refractivity contribution in [1.29, 1.82) is 0 Å². The maximum Gasteiger partial charge on any atom is 0.434 e. The van der Waals surface area contributed by atoms with E-state index >= 15 is 0 Å². The van der Waals surface area contributed by atoms with Crippen LogP contribution < -0.4 is 5.32 Å². The number of carbonyl (C=O) groups is 1. The van der Waals surface area contributed by atoms with Gasteiger partial charge in [0, 0.05) is 16.7 Å². The molecule has 3 atom stereocenters. The second kappa shape index (κ2) is 5.58. The summed E-state index contributed by atoms with van der Waals surface area (Å²) in [5.41, 5.74) is -0.996. The lowest BCUT2D eigenvalue weighted by atomic mass is 10.2. The molecule has 0 aromatic carbocycles. The summed E-state index contributed by atoms with van der Waals surface area (Å²) in [5, 5.41) is 14.1. The zero-order valence-corrected chi connectivity index (χ0v) is 11.7. The van der Waals surface area contributed by atoms with Crippen LogP contribution in [0.3, 0.4) is 0 Å². The molecule has 1 aromatic rings. The Bertz CT molecular complexity index is 560. The Morgan fingerprint density at radius 1 is 1.67 bits per heavy atom. The molecule has 1 amide bonds. The number of aromatic nitrogens is 1. The first kappa shape index (κ1) is 15.7. The normalized spacial score (nSPS) is 22.7. The monoisotopic (exact) mass is 323 g/mol. The van der Waals surface area contributed by atoms with Crippen LogP contribution in [-0.4, -0.2) is 21.9 Å². The summed E-state index contributed by atoms with van der Waals surface area (Å²) in [7, 11) is 0. The Hall–Kier alpha value is -1.71. The molecule has 1 saturated carbocycles. The SMILES string of the molecule is CC[C@H](NC(=O)[C@@H]1C[C@@H]1[N+](=O)[O-])c1nc(C(F)(F)F)cs1. The van der Waals surface area contributed by atoms with Crippen molar-refractivity contribution in [3.05, 3.63) is 26.2 Å². The second-order valence-electron chi connectivity index (χ2n) is 4.73. The largest absolute Gasteiger partial charge is 0.434 e. The van der Waals surface area contributed by atoms with Gasteiger partial charge in [-0.25, -0.2) is 4.98 Å². The highest BCUT2D eigenvalue weighted by molar-refractivity contribution is 7.09. The van der Waals surface area contributed by atoms with Gasteiger partial charge in [0.05, 0.1) is 6.04 Å². The Kier molecular flexibility index (Phi) is 4.17. The van der Waals surface area contributed by atoms with Crippen LogP contribution >= 0.6 is 11.3 Å². The van der Waals surface area contributed by atoms with Gasteiger partial charge in [-0.1, -0.05) is 6.92 Å². The highest BCUT2D eigenvalue weighted by atomic mass is 32.1. The third-order valence-corrected chi connectivity index (χ3v) is 4.16. The van der Waals surface area contributed by atoms with Crippen molar-refractivity contribution in [3.8, 4) is 0 Å². The number of rotatable bonds is 5. The average molecular weight is 323 g/mol. The van der Waals surface area contributed by atoms with Crippen LogP contribution in [-0.2, 0) is 11.0 Å². The van der Waals surface area contributed by atoms with Crippen LogP contribution in [0.4, 0.5) is 13.2 Å². The molecule has 0 bridgehead atoms. The number of thiazole rings is 1. The minimum absolute atomic E-state index is 0.150. The number of hydrogen-bond donors (Lipinski definition) is 1. The van der Waals surface area contributed by atoms with Crippen LogP contribution in [0.2, 0.25) is 0 Å². The quantitative estimate of drug-likeness (QED) is 0.666. The summed E-state index contributed by atoms with van der Waals surface area (Å²) in [6, 6.07) is -1.55. The predicted molar refractivity (Wildman–Crippen MR) is 67.2 cm³/mol. The van der Waals surface area contributed by atoms with Crippen molar-refractivity contribution in [2.45, 2.75) is 38.0 Å². The van der Waals surface area contributed by atoms with Gasteiger partial charge in [-0.2, -0.15) is 13.2 Å². The summed E-state index contributed by atoms with van der Waals surface area (Å²) in [6.07, 6.45) is -4.00. The first-order valence-electron chi connectivity index (χ1n) is 6.20. The molecule has 1 N–H and O–H groups in total. The van der Waals surface area contributed by atoms with E-state index in [9.17, 15) is 28.1 Å². The summed E-state index contributed by atoms with van der Waals surface area (Å²) < 4.78 is 37.5. The number of nitrogens with one attached hydrogen (secondary N) is 1. The van der Waals surface area contributed by atoms with E-state index in [1.165, 1.54) is 0 Å². The average Bonchev–Trinajstić information content (AvgIpc) is 3.04. The molecular formula is C11H12F3N3O3S. The van der Waals surface area contributed by atoms with Crippen LogP contribution in [0.15, 0.2) is 5.38 Å². The van der Waals surface area contributed by atoms with Crippen molar-refractivity contribution < 1.29 is 22.9 Å². The van der Waals surface area contributed by atoms with Gasteiger partial charge in [0.1, 0.15) is 10.9 Å². The number of alkyl halides is 3. The van der Waals surface area contributed by atoms with Gasteiger partial charge in [0.2, 0.25) is 11.9 Å². The number of nitro groups is 1. The molecule has 6 nitrogen and oxygen atoms in total. The van der Waals surface area contributed by atoms with Crippen LogP contribution in [0.5, 0.6) is 0 Å². The van der Waals surface area contributed by atoms with Crippen LogP contribution in [0, 0.1) is 16.0 Å². The maximum absolute atomic E-state index is 12.5. The molecule has 0 aliphatic heterocycles. The molecule has 1 aliphatic rings. The maximum atomic E-state index is 12.5. The van der Waals surface area contributed by atoms with E-state index in [4.69, 9.17) is 0 Å². The fourth-order valence-electron chi connectivity index (χ4n) is 1.89. The lowest BCUT2D eigenvalue weighted by molar-refractivity contribution is -0.497. The Labute approximate surface area is 121 Å². The van der Waals surface area contributed by atoms with Gasteiger partial charge >= 0.3 is 6.18 Å². The first-order chi connectivity index (χ1) is 9.74. The second-order valence-corrected chi connectivity index (χ2v) is 5.62. The number of amides is 1. The molecular weight excluding hydrogens is 311 g/mol. The summed E-state index contributed by atoms with van der Waals surface area (Å²) in [6.45, 7) is 1.69. The molecule has 0 radical (unpaired) electrons.